The van der Waals surface area contributed by atoms with Gasteiger partial charge in [-0.25, -0.2) is 96.0 Å². The van der Waals surface area contributed by atoms with Crippen molar-refractivity contribution >= 4 is 155 Å². The number of urea groups is 4. The summed E-state index contributed by atoms with van der Waals surface area (Å²) in [6.07, 6.45) is 6.50. The van der Waals surface area contributed by atoms with Gasteiger partial charge in [0.25, 0.3) is 11.8 Å². The Kier molecular flexibility index (Phi) is 31.4. The third-order valence-corrected chi connectivity index (χ3v) is 26.4. The van der Waals surface area contributed by atoms with Crippen LogP contribution in [0, 0.1) is 0 Å². The Morgan fingerprint density at radius 2 is 0.757 bits per heavy atom. The predicted octanol–water partition coefficient (Wildman–Crippen LogP) is 15.6. The van der Waals surface area contributed by atoms with Crippen molar-refractivity contribution in [2.75, 3.05) is 104 Å². The molecule has 2 fully saturated rings. The number of nitrogens with zero attached hydrogens (tertiary/aromatic N) is 13. The number of aromatic nitrogens is 12. The van der Waals surface area contributed by atoms with Crippen LogP contribution in [0.3, 0.4) is 0 Å². The molecule has 2 aliphatic heterocycles. The zero-order valence-corrected chi connectivity index (χ0v) is 83.6. The van der Waals surface area contributed by atoms with E-state index in [9.17, 15) is 62.4 Å². The van der Waals surface area contributed by atoms with Gasteiger partial charge in [0.1, 0.15) is 41.2 Å². The number of anilines is 8. The van der Waals surface area contributed by atoms with Crippen LogP contribution in [0.15, 0.2) is 231 Å². The number of aromatic amines is 1. The molecule has 0 saturated carbocycles. The van der Waals surface area contributed by atoms with E-state index in [1.54, 1.807) is 86.8 Å². The normalized spacial score (nSPS) is 14.0. The number of carbonyl (C=O) groups excluding carboxylic acids is 6. The lowest BCUT2D eigenvalue weighted by atomic mass is 9.92. The van der Waals surface area contributed by atoms with Crippen molar-refractivity contribution in [2.24, 2.45) is 0 Å². The standard InChI is InChI=1S/C28H32N6O3S.C27H32N6O3S.C22H24ClN5O4S.C20H23N7O4S/c1-28(2,3)24-18-26(31-27(35)30-25-13-10-21-6-4-5-7-23(21)29-25)34(32-24)22-11-8-20(9-12-22)19-33-14-16-38(36,37)17-15-33;1-27(2,3)24-17-25(30-26(34)29-21-6-9-23-20(16-21)10-11-28-23)33(31-24)22-7-4-19(5-8-22)18-32-12-14-37(35,36)15-13-32;1-22(2,3)18-13-19(25-21(30)24-16-9-7-15(23)8-10-16)28(26-18)17-11-5-14(6-12-17)20(29)27-33(4,31)32;1-20(2,3)15-11-17(24-19(29)23-16-9-10-21-12-22-16)27(25-15)14-7-5-13(6-8-14)18(28)26-32(4,30)31/h4-13,18H,14-17,19H2,1-3H3,(H2,29,30,31,35);4-11,16-17,28H,12-15,18H2,1-3H3,(H2,29,30,34);5-13H,1-4H3,(H,27,29)(H2,24,25,30);5-12H,1-4H3,(H,26,28)(H2,21,22,23,24,29). The minimum Gasteiger partial charge on any atom is -0.361 e. The second-order valence-corrected chi connectivity index (χ2v) is 46.1. The first-order valence-corrected chi connectivity index (χ1v) is 52.1. The van der Waals surface area contributed by atoms with Crippen LogP contribution in [-0.2, 0) is 74.5 Å². The number of hydrogen-bond donors (Lipinski definition) is 11. The van der Waals surface area contributed by atoms with Crippen LogP contribution in [0.5, 0.6) is 0 Å². The Labute approximate surface area is 816 Å². The number of para-hydroxylation sites is 1. The minimum absolute atomic E-state index is 0.165. The van der Waals surface area contributed by atoms with E-state index < -0.39 is 69.6 Å². The molecule has 2 saturated heterocycles. The molecule has 0 atom stereocenters. The lowest BCUT2D eigenvalue weighted by Crippen LogP contribution is -2.39. The first-order valence-electron chi connectivity index (χ1n) is 44.3. The molecule has 9 heterocycles. The van der Waals surface area contributed by atoms with E-state index in [1.165, 1.54) is 41.5 Å². The van der Waals surface area contributed by atoms with Gasteiger partial charge in [0.15, 0.2) is 19.7 Å². The van der Waals surface area contributed by atoms with E-state index in [2.05, 4.69) is 124 Å². The lowest BCUT2D eigenvalue weighted by Gasteiger charge is -2.26. The second-order valence-electron chi connectivity index (χ2n) is 37.6. The summed E-state index contributed by atoms with van der Waals surface area (Å²) in [5.41, 5.74) is 10.5. The number of halogens is 1. The molecule has 0 unspecified atom stereocenters. The molecular weight excluding hydrogens is 1890 g/mol. The molecule has 43 heteroatoms. The smallest absolute Gasteiger partial charge is 0.326 e. The van der Waals surface area contributed by atoms with Gasteiger partial charge in [0.05, 0.1) is 86.6 Å². The maximum atomic E-state index is 12.9. The molecule has 0 bridgehead atoms. The second kappa shape index (κ2) is 42.8. The Balaban J connectivity index is 0.000000158. The van der Waals surface area contributed by atoms with Crippen LogP contribution in [0.2, 0.25) is 5.02 Å². The summed E-state index contributed by atoms with van der Waals surface area (Å²) in [4.78, 5) is 94.7. The highest BCUT2D eigenvalue weighted by Crippen LogP contribution is 2.34. The lowest BCUT2D eigenvalue weighted by molar-refractivity contribution is 0.0972. The van der Waals surface area contributed by atoms with Crippen LogP contribution in [0.1, 0.15) is 138 Å². The Bertz CT molecular complexity index is 7330. The molecule has 7 aromatic heterocycles. The van der Waals surface area contributed by atoms with Crippen LogP contribution in [0.4, 0.5) is 65.5 Å². The summed E-state index contributed by atoms with van der Waals surface area (Å²) in [5.74, 6) is 2.08. The summed E-state index contributed by atoms with van der Waals surface area (Å²) in [6.45, 7) is 28.0. The molecule has 2 aliphatic rings. The summed E-state index contributed by atoms with van der Waals surface area (Å²) in [5, 5.41) is 43.9. The van der Waals surface area contributed by atoms with Crippen molar-refractivity contribution in [3.63, 3.8) is 0 Å². The molecule has 0 spiro atoms. The van der Waals surface area contributed by atoms with Crippen LogP contribution in [-0.4, -0.2) is 200 Å². The molecule has 140 heavy (non-hydrogen) atoms. The Hall–Kier alpha value is -14.6. The van der Waals surface area contributed by atoms with Gasteiger partial charge in [-0.05, 0) is 157 Å². The van der Waals surface area contributed by atoms with Gasteiger partial charge in [0.2, 0.25) is 20.0 Å². The number of rotatable bonds is 20. The first kappa shape index (κ1) is 103. The number of nitrogens with one attached hydrogen (secondary N) is 11. The first-order chi connectivity index (χ1) is 65.8. The molecule has 0 radical (unpaired) electrons. The fourth-order valence-corrected chi connectivity index (χ4v) is 17.8. The van der Waals surface area contributed by atoms with E-state index in [-0.39, 0.29) is 61.8 Å². The summed E-state index contributed by atoms with van der Waals surface area (Å²) >= 11 is 5.88. The number of H-pyrrole nitrogens is 1. The number of pyridine rings is 1. The van der Waals surface area contributed by atoms with E-state index >= 15 is 0 Å². The molecule has 0 aliphatic carbocycles. The van der Waals surface area contributed by atoms with Crippen molar-refractivity contribution in [3.05, 3.63) is 281 Å². The molecule has 7 aromatic carbocycles. The summed E-state index contributed by atoms with van der Waals surface area (Å²) in [6, 6.07) is 61.1. The molecule has 11 N–H and O–H groups in total. The quantitative estimate of drug-likeness (QED) is 0.0337. The van der Waals surface area contributed by atoms with Gasteiger partial charge in [-0.2, -0.15) is 20.4 Å². The molecule has 38 nitrogen and oxygen atoms in total. The average molecular weight is 2000 g/mol. The monoisotopic (exact) mass is 2000 g/mol. The largest absolute Gasteiger partial charge is 0.361 e. The maximum absolute atomic E-state index is 12.9. The van der Waals surface area contributed by atoms with Gasteiger partial charge in [0, 0.05) is 141 Å². The number of benzene rings is 7. The van der Waals surface area contributed by atoms with Crippen molar-refractivity contribution in [1.29, 1.82) is 0 Å². The van der Waals surface area contributed by atoms with Gasteiger partial charge in [-0.1, -0.05) is 137 Å². The van der Waals surface area contributed by atoms with E-state index in [0.29, 0.717) is 102 Å². The minimum atomic E-state index is -3.67. The fourth-order valence-electron chi connectivity index (χ4n) is 14.2. The average Bonchev–Trinajstić information content (AvgIpc) is 1.66. The van der Waals surface area contributed by atoms with Gasteiger partial charge < -0.3 is 15.6 Å². The number of sulfone groups is 2. The number of fused-ring (bicyclic) bond motifs is 2. The highest BCUT2D eigenvalue weighted by molar-refractivity contribution is 7.91. The Morgan fingerprint density at radius 3 is 1.14 bits per heavy atom. The summed E-state index contributed by atoms with van der Waals surface area (Å²) < 4.78 is 102. The van der Waals surface area contributed by atoms with E-state index in [4.69, 9.17) is 21.8 Å². The van der Waals surface area contributed by atoms with Gasteiger partial charge in [-0.15, -0.1) is 0 Å². The third kappa shape index (κ3) is 29.0. The number of hydrogen-bond acceptors (Lipinski definition) is 23. The van der Waals surface area contributed by atoms with Crippen molar-refractivity contribution < 1.29 is 62.4 Å². The van der Waals surface area contributed by atoms with E-state index in [0.717, 1.165) is 79.6 Å². The highest BCUT2D eigenvalue weighted by atomic mass is 35.5. The third-order valence-electron chi connectivity index (χ3n) is 21.8. The molecule has 16 rings (SSSR count). The number of amides is 10. The molecule has 10 amide bonds. The fraction of sp³-hybridized carbons (Fsp3) is 0.289. The maximum Gasteiger partial charge on any atom is 0.326 e. The zero-order chi connectivity index (χ0) is 101. The Morgan fingerprint density at radius 1 is 0.393 bits per heavy atom. The summed E-state index contributed by atoms with van der Waals surface area (Å²) in [7, 11) is -13.1. The van der Waals surface area contributed by atoms with Gasteiger partial charge in [-0.3, -0.25) is 51.3 Å². The topological polar surface area (TPSA) is 491 Å². The predicted molar refractivity (Wildman–Crippen MR) is 546 cm³/mol. The zero-order valence-electron chi connectivity index (χ0n) is 79.6. The van der Waals surface area contributed by atoms with Crippen LogP contribution < -0.4 is 52.0 Å². The van der Waals surface area contributed by atoms with Crippen molar-refractivity contribution in [1.82, 2.24) is 78.3 Å². The number of carbonyl (C=O) groups is 6. The highest BCUT2D eigenvalue weighted by Gasteiger charge is 2.30. The molecule has 734 valence electrons. The van der Waals surface area contributed by atoms with Crippen LogP contribution in [0.25, 0.3) is 44.6 Å². The van der Waals surface area contributed by atoms with Crippen molar-refractivity contribution in [2.45, 2.75) is 118 Å². The van der Waals surface area contributed by atoms with E-state index in [1.807, 2.05) is 172 Å². The van der Waals surface area contributed by atoms with Crippen molar-refractivity contribution in [3.8, 4) is 22.7 Å². The SMILES string of the molecule is CC(C)(C)c1cc(NC(=O)Nc2ccc(Cl)cc2)n(-c2ccc(C(=O)NS(C)(=O)=O)cc2)n1.CC(C)(C)c1cc(NC(=O)Nc2ccc3[nH]ccc3c2)n(-c2ccc(CN3CCS(=O)(=O)CC3)cc2)n1.CC(C)(C)c1cc(NC(=O)Nc2ccc3ccccc3n2)n(-c2ccc(CN3CCS(=O)(=O)CC3)cc2)n1.CC(C)(C)c1cc(NC(=O)Nc2ccncn2)n(-c2ccc(C(=O)NS(C)(=O)=O)cc2)n1. The van der Waals surface area contributed by atoms with Gasteiger partial charge >= 0.3 is 24.1 Å². The number of sulfonamides is 2. The molecular formula is C97H111ClN24O14S4. The molecule has 14 aromatic rings. The van der Waals surface area contributed by atoms with Crippen LogP contribution >= 0.6 is 11.6 Å².